The molecule has 84 valence electrons. The summed E-state index contributed by atoms with van der Waals surface area (Å²) < 4.78 is 1.81. The lowest BCUT2D eigenvalue weighted by molar-refractivity contribution is 0.660. The molecule has 0 bridgehead atoms. The van der Waals surface area contributed by atoms with E-state index in [-0.39, 0.29) is 0 Å². The minimum absolute atomic E-state index is 0.520. The van der Waals surface area contributed by atoms with Crippen LogP contribution in [0, 0.1) is 6.92 Å². The Hall–Kier alpha value is -1.06. The van der Waals surface area contributed by atoms with Crippen LogP contribution in [-0.4, -0.2) is 14.8 Å². The molecule has 0 spiro atoms. The van der Waals surface area contributed by atoms with Crippen molar-refractivity contribution < 1.29 is 0 Å². The van der Waals surface area contributed by atoms with Crippen molar-refractivity contribution in [2.24, 2.45) is 0 Å². The van der Waals surface area contributed by atoms with E-state index in [1.54, 1.807) is 6.07 Å². The minimum Gasteiger partial charge on any atom is -0.246 e. The normalized spacial score (nSPS) is 10.8. The van der Waals surface area contributed by atoms with Crippen LogP contribution in [0.3, 0.4) is 0 Å². The number of rotatable bonds is 2. The Bertz CT molecular complexity index is 520. The van der Waals surface area contributed by atoms with Crippen LogP contribution < -0.4 is 0 Å². The van der Waals surface area contributed by atoms with Crippen molar-refractivity contribution in [1.82, 2.24) is 14.8 Å². The second-order valence-corrected chi connectivity index (χ2v) is 4.18. The molecule has 0 atom stereocenters. The fourth-order valence-corrected chi connectivity index (χ4v) is 1.94. The third-order valence-electron chi connectivity index (χ3n) is 2.27. The van der Waals surface area contributed by atoms with Crippen LogP contribution in [-0.2, 0) is 6.54 Å². The molecule has 0 N–H and O–H groups in total. The first-order valence-corrected chi connectivity index (χ1v) is 5.75. The third-order valence-corrected chi connectivity index (χ3v) is 3.09. The second-order valence-electron chi connectivity index (χ2n) is 3.40. The standard InChI is InChI=1S/C11H11Cl2N3/c1-3-16-11(14-7(2)15-16)8-5-4-6-9(12)10(8)13/h4-6H,3H2,1-2H3. The highest BCUT2D eigenvalue weighted by atomic mass is 35.5. The SMILES string of the molecule is CCn1nc(C)nc1-c1cccc(Cl)c1Cl. The lowest BCUT2D eigenvalue weighted by atomic mass is 10.2. The van der Waals surface area contributed by atoms with Crippen molar-refractivity contribution in [3.8, 4) is 11.4 Å². The lowest BCUT2D eigenvalue weighted by Crippen LogP contribution is -2.00. The predicted molar refractivity (Wildman–Crippen MR) is 65.9 cm³/mol. The van der Waals surface area contributed by atoms with Gasteiger partial charge >= 0.3 is 0 Å². The maximum Gasteiger partial charge on any atom is 0.159 e. The van der Waals surface area contributed by atoms with Crippen molar-refractivity contribution in [1.29, 1.82) is 0 Å². The van der Waals surface area contributed by atoms with Gasteiger partial charge in [0.2, 0.25) is 0 Å². The molecule has 0 aliphatic carbocycles. The predicted octanol–water partition coefficient (Wildman–Crippen LogP) is 3.58. The average molecular weight is 256 g/mol. The van der Waals surface area contributed by atoms with Gasteiger partial charge in [-0.25, -0.2) is 9.67 Å². The molecule has 1 aromatic heterocycles. The van der Waals surface area contributed by atoms with Crippen molar-refractivity contribution in [3.05, 3.63) is 34.1 Å². The van der Waals surface area contributed by atoms with Crippen LogP contribution in [0.5, 0.6) is 0 Å². The molecule has 0 saturated carbocycles. The highest BCUT2D eigenvalue weighted by Crippen LogP contribution is 2.32. The molecule has 3 nitrogen and oxygen atoms in total. The molecule has 0 amide bonds. The quantitative estimate of drug-likeness (QED) is 0.822. The summed E-state index contributed by atoms with van der Waals surface area (Å²) >= 11 is 12.1. The van der Waals surface area contributed by atoms with Gasteiger partial charge in [0.15, 0.2) is 5.82 Å². The zero-order valence-corrected chi connectivity index (χ0v) is 10.5. The van der Waals surface area contributed by atoms with Gasteiger partial charge in [0, 0.05) is 12.1 Å². The lowest BCUT2D eigenvalue weighted by Gasteiger charge is -2.05. The van der Waals surface area contributed by atoms with Crippen LogP contribution in [0.1, 0.15) is 12.7 Å². The van der Waals surface area contributed by atoms with Crippen molar-refractivity contribution >= 4 is 23.2 Å². The van der Waals surface area contributed by atoms with Gasteiger partial charge < -0.3 is 0 Å². The fraction of sp³-hybridized carbons (Fsp3) is 0.273. The summed E-state index contributed by atoms with van der Waals surface area (Å²) in [6.07, 6.45) is 0. The summed E-state index contributed by atoms with van der Waals surface area (Å²) in [6, 6.07) is 5.50. The van der Waals surface area contributed by atoms with Gasteiger partial charge in [-0.3, -0.25) is 0 Å². The van der Waals surface area contributed by atoms with Gasteiger partial charge in [-0.1, -0.05) is 29.3 Å². The molecule has 0 unspecified atom stereocenters. The smallest absolute Gasteiger partial charge is 0.159 e. The molecule has 2 rings (SSSR count). The van der Waals surface area contributed by atoms with Crippen LogP contribution in [0.4, 0.5) is 0 Å². The molecule has 2 aromatic rings. The number of nitrogens with zero attached hydrogens (tertiary/aromatic N) is 3. The van der Waals surface area contributed by atoms with E-state index in [0.717, 1.165) is 23.8 Å². The monoisotopic (exact) mass is 255 g/mol. The highest BCUT2D eigenvalue weighted by molar-refractivity contribution is 6.43. The van der Waals surface area contributed by atoms with E-state index in [1.807, 2.05) is 30.7 Å². The first kappa shape index (κ1) is 11.4. The molecule has 0 radical (unpaired) electrons. The summed E-state index contributed by atoms with van der Waals surface area (Å²) in [5.74, 6) is 1.49. The van der Waals surface area contributed by atoms with Gasteiger partial charge in [-0.05, 0) is 26.0 Å². The summed E-state index contributed by atoms with van der Waals surface area (Å²) in [7, 11) is 0. The van der Waals surface area contributed by atoms with E-state index in [1.165, 1.54) is 0 Å². The van der Waals surface area contributed by atoms with Crippen molar-refractivity contribution in [3.63, 3.8) is 0 Å². The zero-order chi connectivity index (χ0) is 11.7. The molecule has 0 aliphatic rings. The number of aryl methyl sites for hydroxylation is 2. The number of halogens is 2. The van der Waals surface area contributed by atoms with Crippen molar-refractivity contribution in [2.45, 2.75) is 20.4 Å². The number of hydrogen-bond acceptors (Lipinski definition) is 2. The number of benzene rings is 1. The van der Waals surface area contributed by atoms with Crippen LogP contribution in [0.2, 0.25) is 10.0 Å². The van der Waals surface area contributed by atoms with Gasteiger partial charge in [0.1, 0.15) is 5.82 Å². The molecule has 16 heavy (non-hydrogen) atoms. The summed E-state index contributed by atoms with van der Waals surface area (Å²) in [5, 5.41) is 5.33. The van der Waals surface area contributed by atoms with Crippen LogP contribution >= 0.6 is 23.2 Å². The molecule has 0 aliphatic heterocycles. The molecule has 1 aromatic carbocycles. The Kier molecular flexibility index (Phi) is 3.17. The van der Waals surface area contributed by atoms with Gasteiger partial charge in [0.25, 0.3) is 0 Å². The molecular weight excluding hydrogens is 245 g/mol. The number of hydrogen-bond donors (Lipinski definition) is 0. The zero-order valence-electron chi connectivity index (χ0n) is 9.04. The van der Waals surface area contributed by atoms with E-state index in [9.17, 15) is 0 Å². The molecule has 0 fully saturated rings. The Morgan fingerprint density at radius 2 is 2.06 bits per heavy atom. The van der Waals surface area contributed by atoms with E-state index in [0.29, 0.717) is 10.0 Å². The van der Waals surface area contributed by atoms with Gasteiger partial charge in [0.05, 0.1) is 10.0 Å². The van der Waals surface area contributed by atoms with Crippen molar-refractivity contribution in [2.75, 3.05) is 0 Å². The Balaban J connectivity index is 2.62. The first-order valence-electron chi connectivity index (χ1n) is 4.99. The van der Waals surface area contributed by atoms with Crippen LogP contribution in [0.15, 0.2) is 18.2 Å². The molecule has 5 heteroatoms. The van der Waals surface area contributed by atoms with E-state index in [4.69, 9.17) is 23.2 Å². The largest absolute Gasteiger partial charge is 0.246 e. The molecular formula is C11H11Cl2N3. The summed E-state index contributed by atoms with van der Waals surface area (Å²) in [5.41, 5.74) is 0.816. The Morgan fingerprint density at radius 1 is 1.31 bits per heavy atom. The second kappa shape index (κ2) is 4.44. The van der Waals surface area contributed by atoms with Crippen LogP contribution in [0.25, 0.3) is 11.4 Å². The van der Waals surface area contributed by atoms with Gasteiger partial charge in [-0.15, -0.1) is 0 Å². The van der Waals surface area contributed by atoms with E-state index >= 15 is 0 Å². The maximum atomic E-state index is 6.15. The summed E-state index contributed by atoms with van der Waals surface area (Å²) in [4.78, 5) is 4.36. The maximum absolute atomic E-state index is 6.15. The molecule has 0 saturated heterocycles. The molecule has 1 heterocycles. The van der Waals surface area contributed by atoms with E-state index in [2.05, 4.69) is 10.1 Å². The average Bonchev–Trinajstić information content (AvgIpc) is 2.63. The highest BCUT2D eigenvalue weighted by Gasteiger charge is 2.13. The Labute approximate surface area is 104 Å². The van der Waals surface area contributed by atoms with Gasteiger partial charge in [-0.2, -0.15) is 5.10 Å². The van der Waals surface area contributed by atoms with E-state index < -0.39 is 0 Å². The summed E-state index contributed by atoms with van der Waals surface area (Å²) in [6.45, 7) is 4.61. The minimum atomic E-state index is 0.520. The Morgan fingerprint density at radius 3 is 2.75 bits per heavy atom. The first-order chi connectivity index (χ1) is 7.63. The fourth-order valence-electron chi connectivity index (χ4n) is 1.55. The number of aromatic nitrogens is 3. The third kappa shape index (κ3) is 1.93. The topological polar surface area (TPSA) is 30.7 Å².